The van der Waals surface area contributed by atoms with Crippen LogP contribution in [0.4, 0.5) is 0 Å². The van der Waals surface area contributed by atoms with Gasteiger partial charge in [-0.3, -0.25) is 0 Å². The van der Waals surface area contributed by atoms with Crippen molar-refractivity contribution in [2.75, 3.05) is 0 Å². The summed E-state index contributed by atoms with van der Waals surface area (Å²) in [4.78, 5) is 0. The minimum atomic E-state index is 0. The van der Waals surface area contributed by atoms with Crippen molar-refractivity contribution in [1.82, 2.24) is 0 Å². The molecule has 4 nitrogen and oxygen atoms in total. The molecule has 0 atom stereocenters. The standard InChI is InChI=1S/2HI.4H2O.Ti/h2*1H;4*1H2;/q;;;;;;+2/p-2. The summed E-state index contributed by atoms with van der Waals surface area (Å²) < 4.78 is 0. The Kier molecular flexibility index (Phi) is 223. The van der Waals surface area contributed by atoms with Crippen LogP contribution in [-0.4, -0.2) is 21.9 Å². The van der Waals surface area contributed by atoms with Crippen molar-refractivity contribution in [3.05, 3.63) is 0 Å². The average Bonchev–Trinajstić information content (AvgIpc) is 0.918. The first-order valence-electron chi connectivity index (χ1n) is 0.378. The zero-order chi connectivity index (χ0) is 2.71. The fraction of sp³-hybridized carbons (Fsp3) is 0. The first-order valence-corrected chi connectivity index (χ1v) is 10.5. The molecule has 50 valence electrons. The molecule has 0 radical (unpaired) electrons. The van der Waals surface area contributed by atoms with Crippen molar-refractivity contribution in [1.29, 1.82) is 0 Å². The maximum atomic E-state index is 2.40. The zero-order valence-corrected chi connectivity index (χ0v) is 9.13. The quantitative estimate of drug-likeness (QED) is 0.361. The second-order valence-electron chi connectivity index (χ2n) is 0.0714. The van der Waals surface area contributed by atoms with E-state index in [-0.39, 0.29) is 21.9 Å². The van der Waals surface area contributed by atoms with E-state index in [1.165, 1.54) is 0 Å². The molecular weight excluding hydrogens is 366 g/mol. The topological polar surface area (TPSA) is 126 Å². The summed E-state index contributed by atoms with van der Waals surface area (Å²) in [6, 6.07) is 0. The van der Waals surface area contributed by atoms with Gasteiger partial charge in [-0.2, -0.15) is 0 Å². The Labute approximate surface area is 70.9 Å². The summed E-state index contributed by atoms with van der Waals surface area (Å²) in [5, 5.41) is 0. The summed E-state index contributed by atoms with van der Waals surface area (Å²) in [5.74, 6) is 0. The van der Waals surface area contributed by atoms with Gasteiger partial charge in [0.15, 0.2) is 0 Å². The van der Waals surface area contributed by atoms with Crippen LogP contribution in [0.1, 0.15) is 0 Å². The van der Waals surface area contributed by atoms with Gasteiger partial charge in [0.1, 0.15) is 0 Å². The first kappa shape index (κ1) is 35.9. The van der Waals surface area contributed by atoms with Gasteiger partial charge >= 0.3 is 50.0 Å². The molecule has 0 bridgehead atoms. The van der Waals surface area contributed by atoms with E-state index in [9.17, 15) is 0 Å². The molecular formula is H8I2O4Ti. The van der Waals surface area contributed by atoms with Crippen molar-refractivity contribution in [2.45, 2.75) is 0 Å². The second kappa shape index (κ2) is 43.4. The molecule has 0 aliphatic heterocycles. The Balaban J connectivity index is -0.00000000333. The van der Waals surface area contributed by atoms with Crippen molar-refractivity contribution >= 4 is 38.4 Å². The van der Waals surface area contributed by atoms with Gasteiger partial charge in [-0.25, -0.2) is 0 Å². The molecule has 0 unspecified atom stereocenters. The Bertz CT molecular complexity index is 9.65. The van der Waals surface area contributed by atoms with Crippen molar-refractivity contribution in [3.8, 4) is 0 Å². The maximum absolute atomic E-state index is 2.40. The van der Waals surface area contributed by atoms with Gasteiger partial charge in [0.2, 0.25) is 0 Å². The molecule has 0 saturated heterocycles. The number of rotatable bonds is 0. The summed E-state index contributed by atoms with van der Waals surface area (Å²) in [7, 11) is 0. The van der Waals surface area contributed by atoms with Crippen LogP contribution in [0, 0.1) is 0 Å². The van der Waals surface area contributed by atoms with Gasteiger partial charge in [0, 0.05) is 0 Å². The van der Waals surface area contributed by atoms with Gasteiger partial charge in [0.25, 0.3) is 0 Å². The van der Waals surface area contributed by atoms with E-state index in [0.717, 1.165) is 0 Å². The van der Waals surface area contributed by atoms with Gasteiger partial charge in [-0.05, 0) is 0 Å². The Morgan fingerprint density at radius 2 is 0.714 bits per heavy atom. The van der Waals surface area contributed by atoms with Crippen molar-refractivity contribution < 1.29 is 33.6 Å². The molecule has 0 aromatic carbocycles. The minimum absolute atomic E-state index is 0. The summed E-state index contributed by atoms with van der Waals surface area (Å²) in [6.45, 7) is 0. The third-order valence-corrected chi connectivity index (χ3v) is 0. The molecule has 0 heterocycles. The molecule has 0 fully saturated rings. The average molecular weight is 374 g/mol. The van der Waals surface area contributed by atoms with Gasteiger partial charge in [-0.1, -0.05) is 0 Å². The Morgan fingerprint density at radius 1 is 0.714 bits per heavy atom. The molecule has 7 heteroatoms. The summed E-state index contributed by atoms with van der Waals surface area (Å²) in [6.07, 6.45) is 0. The predicted octanol–water partition coefficient (Wildman–Crippen LogP) is -1.53. The fourth-order valence-electron chi connectivity index (χ4n) is 0. The summed E-state index contributed by atoms with van der Waals surface area (Å²) in [5.41, 5.74) is 0. The van der Waals surface area contributed by atoms with Gasteiger partial charge in [-0.15, -0.1) is 0 Å². The Hall–Kier alpha value is 2.01. The predicted molar refractivity (Wildman–Crippen MR) is 42.5 cm³/mol. The third-order valence-electron chi connectivity index (χ3n) is 0. The van der Waals surface area contributed by atoms with E-state index >= 15 is 0 Å². The SMILES string of the molecule is O.O.O.O.[I][Ti][I]. The van der Waals surface area contributed by atoms with Crippen LogP contribution in [0.5, 0.6) is 0 Å². The van der Waals surface area contributed by atoms with Crippen LogP contribution in [0.25, 0.3) is 0 Å². The number of hydrogen-bond donors (Lipinski definition) is 0. The van der Waals surface area contributed by atoms with E-state index < -0.39 is 0 Å². The number of hydrogen-bond acceptors (Lipinski definition) is 0. The second-order valence-corrected chi connectivity index (χ2v) is 13.3. The molecule has 0 rings (SSSR count). The monoisotopic (exact) mass is 374 g/mol. The van der Waals surface area contributed by atoms with Crippen molar-refractivity contribution in [2.24, 2.45) is 0 Å². The molecule has 7 heavy (non-hydrogen) atoms. The van der Waals surface area contributed by atoms with E-state index in [4.69, 9.17) is 0 Å². The molecule has 0 aromatic rings. The Morgan fingerprint density at radius 3 is 0.714 bits per heavy atom. The zero-order valence-electron chi connectivity index (χ0n) is 3.26. The first-order chi connectivity index (χ1) is 1.41. The van der Waals surface area contributed by atoms with Crippen LogP contribution in [-0.2, 0) is 11.7 Å². The normalized spacial score (nSPS) is 2.00. The van der Waals surface area contributed by atoms with Crippen molar-refractivity contribution in [3.63, 3.8) is 0 Å². The van der Waals surface area contributed by atoms with Crippen LogP contribution in [0.15, 0.2) is 0 Å². The van der Waals surface area contributed by atoms with E-state index in [2.05, 4.69) is 38.4 Å². The molecule has 0 saturated carbocycles. The van der Waals surface area contributed by atoms with E-state index in [1.807, 2.05) is 0 Å². The van der Waals surface area contributed by atoms with Crippen LogP contribution in [0.3, 0.4) is 0 Å². The van der Waals surface area contributed by atoms with Gasteiger partial charge < -0.3 is 21.9 Å². The van der Waals surface area contributed by atoms with Crippen LogP contribution >= 0.6 is 38.4 Å². The number of halogens is 2. The summed E-state index contributed by atoms with van der Waals surface area (Å²) >= 11 is 5.24. The van der Waals surface area contributed by atoms with E-state index in [0.29, 0.717) is 11.7 Å². The molecule has 8 N–H and O–H groups in total. The van der Waals surface area contributed by atoms with Gasteiger partial charge in [0.05, 0.1) is 0 Å². The molecule has 0 spiro atoms. The molecule has 0 amide bonds. The van der Waals surface area contributed by atoms with Crippen LogP contribution < -0.4 is 0 Å². The molecule has 0 aromatic heterocycles. The van der Waals surface area contributed by atoms with Crippen LogP contribution in [0.2, 0.25) is 0 Å². The molecule has 0 aliphatic carbocycles. The molecule has 0 aliphatic rings. The third kappa shape index (κ3) is 71.4. The van der Waals surface area contributed by atoms with E-state index in [1.54, 1.807) is 0 Å². The fourth-order valence-corrected chi connectivity index (χ4v) is 0.